The number of para-hydroxylation sites is 1. The van der Waals surface area contributed by atoms with Gasteiger partial charge in [-0.15, -0.1) is 0 Å². The zero-order valence-electron chi connectivity index (χ0n) is 18.4. The Labute approximate surface area is 190 Å². The van der Waals surface area contributed by atoms with Gasteiger partial charge in [-0.1, -0.05) is 23.9 Å². The van der Waals surface area contributed by atoms with Gasteiger partial charge in [0.25, 0.3) is 11.9 Å². The third-order valence-corrected chi connectivity index (χ3v) is 6.96. The number of aromatic nitrogens is 7. The Morgan fingerprint density at radius 1 is 0.812 bits per heavy atom. The van der Waals surface area contributed by atoms with E-state index >= 15 is 0 Å². The summed E-state index contributed by atoms with van der Waals surface area (Å²) in [6.45, 7) is 8.88. The van der Waals surface area contributed by atoms with Crippen molar-refractivity contribution in [2.24, 2.45) is 0 Å². The minimum Gasteiger partial charge on any atom is -0.334 e. The van der Waals surface area contributed by atoms with Crippen LogP contribution in [0, 0.1) is 27.7 Å². The van der Waals surface area contributed by atoms with Crippen LogP contribution in [0.1, 0.15) is 35.0 Å². The molecule has 32 heavy (non-hydrogen) atoms. The number of fused-ring (bicyclic) bond motifs is 3. The maximum Gasteiger partial charge on any atom is 0.256 e. The van der Waals surface area contributed by atoms with Crippen LogP contribution in [0.2, 0.25) is 0 Å². The fourth-order valence-corrected chi connectivity index (χ4v) is 5.61. The summed E-state index contributed by atoms with van der Waals surface area (Å²) in [5, 5.41) is 10.4. The van der Waals surface area contributed by atoms with Crippen molar-refractivity contribution in [3.63, 3.8) is 0 Å². The molecule has 0 atom stereocenters. The van der Waals surface area contributed by atoms with Gasteiger partial charge in [-0.3, -0.25) is 0 Å². The number of rotatable bonds is 3. The smallest absolute Gasteiger partial charge is 0.256 e. The van der Waals surface area contributed by atoms with Crippen LogP contribution in [-0.4, -0.2) is 41.1 Å². The number of anilines is 1. The van der Waals surface area contributed by atoms with Crippen molar-refractivity contribution in [3.05, 3.63) is 70.0 Å². The Kier molecular flexibility index (Phi) is 4.23. The van der Waals surface area contributed by atoms with Gasteiger partial charge in [0.2, 0.25) is 0 Å². The molecule has 9 heteroatoms. The van der Waals surface area contributed by atoms with Gasteiger partial charge in [0.15, 0.2) is 5.82 Å². The molecule has 0 amide bonds. The summed E-state index contributed by atoms with van der Waals surface area (Å²) in [5.74, 6) is 1.70. The van der Waals surface area contributed by atoms with Crippen molar-refractivity contribution in [1.82, 2.24) is 34.5 Å². The molecule has 5 heterocycles. The molecular weight excluding hydrogens is 420 g/mol. The zero-order chi connectivity index (χ0) is 22.0. The lowest BCUT2D eigenvalue weighted by molar-refractivity contribution is 0.712. The molecule has 6 rings (SSSR count). The first kappa shape index (κ1) is 19.2. The lowest BCUT2D eigenvalue weighted by atomic mass is 10.2. The number of thioether (sulfide) groups is 1. The minimum absolute atomic E-state index is 0.509. The second kappa shape index (κ2) is 7.03. The van der Waals surface area contributed by atoms with E-state index in [0.717, 1.165) is 41.3 Å². The van der Waals surface area contributed by atoms with E-state index in [0.29, 0.717) is 17.7 Å². The summed E-state index contributed by atoms with van der Waals surface area (Å²) in [7, 11) is 0. The average Bonchev–Trinajstić information content (AvgIpc) is 3.50. The second-order valence-corrected chi connectivity index (χ2v) is 9.22. The number of benzene rings is 1. The average molecular weight is 443 g/mol. The molecule has 0 radical (unpaired) electrons. The molecule has 2 aliphatic heterocycles. The number of hydrogen-bond donors (Lipinski definition) is 0. The highest BCUT2D eigenvalue weighted by Crippen LogP contribution is 2.52. The molecule has 4 aromatic rings. The second-order valence-electron chi connectivity index (χ2n) is 8.19. The summed E-state index contributed by atoms with van der Waals surface area (Å²) in [6.07, 6.45) is 0.883. The first-order chi connectivity index (χ1) is 15.5. The third-order valence-electron chi connectivity index (χ3n) is 5.73. The quantitative estimate of drug-likeness (QED) is 0.471. The molecule has 0 unspecified atom stereocenters. The molecule has 0 aliphatic carbocycles. The topological polar surface area (TPSA) is 77.5 Å². The van der Waals surface area contributed by atoms with Crippen LogP contribution in [0.25, 0.3) is 17.5 Å². The largest absolute Gasteiger partial charge is 0.334 e. The monoisotopic (exact) mass is 442 g/mol. The maximum atomic E-state index is 4.88. The van der Waals surface area contributed by atoms with Gasteiger partial charge < -0.3 is 4.90 Å². The highest BCUT2D eigenvalue weighted by molar-refractivity contribution is 8.04. The highest BCUT2D eigenvalue weighted by atomic mass is 32.2. The molecule has 1 aromatic carbocycles. The standard InChI is InChI=1S/C23H22N8S/c1-13-11-15(3)30(27-13)22-24-20(25-23(26-22)31-16(4)12-14(2)28-31)17-9-10-29-18-7-5-6-8-19(18)32-21(17)29/h5-8,11-12H,9-10H2,1-4H3. The van der Waals surface area contributed by atoms with Gasteiger partial charge in [-0.2, -0.15) is 25.1 Å². The number of hydrogen-bond acceptors (Lipinski definition) is 7. The lowest BCUT2D eigenvalue weighted by Gasteiger charge is -2.13. The molecule has 0 N–H and O–H groups in total. The molecule has 0 saturated carbocycles. The Bertz CT molecular complexity index is 1350. The van der Waals surface area contributed by atoms with E-state index in [1.54, 1.807) is 21.1 Å². The van der Waals surface area contributed by atoms with Gasteiger partial charge in [0.1, 0.15) is 0 Å². The van der Waals surface area contributed by atoms with Crippen LogP contribution in [0.4, 0.5) is 5.69 Å². The summed E-state index contributed by atoms with van der Waals surface area (Å²) in [4.78, 5) is 18.2. The third kappa shape index (κ3) is 2.96. The summed E-state index contributed by atoms with van der Waals surface area (Å²) in [6, 6.07) is 12.6. The molecule has 0 bridgehead atoms. The summed E-state index contributed by atoms with van der Waals surface area (Å²) < 4.78 is 3.56. The predicted octanol–water partition coefficient (Wildman–Crippen LogP) is 4.16. The van der Waals surface area contributed by atoms with Crippen LogP contribution in [-0.2, 0) is 0 Å². The van der Waals surface area contributed by atoms with Crippen LogP contribution < -0.4 is 4.90 Å². The Morgan fingerprint density at radius 2 is 1.44 bits per heavy atom. The molecule has 8 nitrogen and oxygen atoms in total. The van der Waals surface area contributed by atoms with E-state index in [2.05, 4.69) is 39.4 Å². The van der Waals surface area contributed by atoms with E-state index in [1.165, 1.54) is 15.6 Å². The van der Waals surface area contributed by atoms with Gasteiger partial charge in [0.05, 0.1) is 22.1 Å². The van der Waals surface area contributed by atoms with Crippen LogP contribution in [0.5, 0.6) is 0 Å². The number of aryl methyl sites for hydroxylation is 4. The zero-order valence-corrected chi connectivity index (χ0v) is 19.2. The first-order valence-electron chi connectivity index (χ1n) is 10.6. The van der Waals surface area contributed by atoms with Crippen molar-refractivity contribution in [3.8, 4) is 11.9 Å². The van der Waals surface area contributed by atoms with E-state index in [4.69, 9.17) is 15.0 Å². The molecule has 0 spiro atoms. The SMILES string of the molecule is Cc1cc(C)n(-c2nc(C3=C4Sc5ccccc5N4CC3)nc(-n3nc(C)cc3C)n2)n1. The Hall–Kier alpha value is -3.46. The predicted molar refractivity (Wildman–Crippen MR) is 124 cm³/mol. The van der Waals surface area contributed by atoms with Crippen molar-refractivity contribution in [2.75, 3.05) is 11.4 Å². The fourth-order valence-electron chi connectivity index (χ4n) is 4.36. The van der Waals surface area contributed by atoms with E-state index in [9.17, 15) is 0 Å². The van der Waals surface area contributed by atoms with Gasteiger partial charge in [0, 0.05) is 28.4 Å². The Balaban J connectivity index is 1.55. The van der Waals surface area contributed by atoms with Crippen LogP contribution in [0.15, 0.2) is 46.3 Å². The first-order valence-corrected chi connectivity index (χ1v) is 11.4. The fraction of sp³-hybridized carbons (Fsp3) is 0.261. The number of nitrogens with zero attached hydrogens (tertiary/aromatic N) is 8. The maximum absolute atomic E-state index is 4.88. The summed E-state index contributed by atoms with van der Waals surface area (Å²) >= 11 is 1.79. The molecule has 0 fully saturated rings. The normalized spacial score (nSPS) is 14.9. The van der Waals surface area contributed by atoms with Gasteiger partial charge in [-0.05, 0) is 58.4 Å². The lowest BCUT2D eigenvalue weighted by Crippen LogP contribution is -2.14. The van der Waals surface area contributed by atoms with Crippen molar-refractivity contribution < 1.29 is 0 Å². The molecule has 0 saturated heterocycles. The Morgan fingerprint density at radius 3 is 2.03 bits per heavy atom. The van der Waals surface area contributed by atoms with E-state index < -0.39 is 0 Å². The van der Waals surface area contributed by atoms with Crippen molar-refractivity contribution in [1.29, 1.82) is 0 Å². The summed E-state index contributed by atoms with van der Waals surface area (Å²) in [5.41, 5.74) is 6.20. The van der Waals surface area contributed by atoms with E-state index in [1.807, 2.05) is 39.8 Å². The minimum atomic E-state index is 0.509. The van der Waals surface area contributed by atoms with Gasteiger partial charge >= 0.3 is 0 Å². The van der Waals surface area contributed by atoms with Crippen molar-refractivity contribution in [2.45, 2.75) is 39.0 Å². The molecule has 2 aliphatic rings. The van der Waals surface area contributed by atoms with Crippen molar-refractivity contribution >= 4 is 23.0 Å². The molecule has 3 aromatic heterocycles. The van der Waals surface area contributed by atoms with Gasteiger partial charge in [-0.25, -0.2) is 9.36 Å². The molecule has 160 valence electrons. The van der Waals surface area contributed by atoms with E-state index in [-0.39, 0.29) is 0 Å². The highest BCUT2D eigenvalue weighted by Gasteiger charge is 2.34. The van der Waals surface area contributed by atoms with Crippen LogP contribution >= 0.6 is 11.8 Å². The van der Waals surface area contributed by atoms with Crippen LogP contribution in [0.3, 0.4) is 0 Å². The molecular formula is C23H22N8S.